The number of rotatable bonds is 2. The van der Waals surface area contributed by atoms with Gasteiger partial charge < -0.3 is 4.74 Å². The van der Waals surface area contributed by atoms with Crippen molar-refractivity contribution in [2.45, 2.75) is 0 Å². The second-order valence-corrected chi connectivity index (χ2v) is 3.89. The third kappa shape index (κ3) is 2.08. The highest BCUT2D eigenvalue weighted by atomic mass is 32.1. The molecule has 0 aliphatic heterocycles. The summed E-state index contributed by atoms with van der Waals surface area (Å²) in [5, 5.41) is 9.04. The Balaban J connectivity index is 2.68. The fourth-order valence-electron chi connectivity index (χ4n) is 1.54. The van der Waals surface area contributed by atoms with E-state index in [0.29, 0.717) is 17.0 Å². The molecule has 2 aromatic rings. The molecule has 1 aromatic heterocycles. The Morgan fingerprint density at radius 1 is 1.50 bits per heavy atom. The van der Waals surface area contributed by atoms with Gasteiger partial charge in [0.1, 0.15) is 23.7 Å². The maximum Gasteiger partial charge on any atom is 0.281 e. The van der Waals surface area contributed by atoms with Gasteiger partial charge in [-0.25, -0.2) is 8.96 Å². The Kier molecular flexibility index (Phi) is 3.35. The summed E-state index contributed by atoms with van der Waals surface area (Å²) >= 11 is 3.89. The van der Waals surface area contributed by atoms with E-state index in [1.807, 2.05) is 6.07 Å². The van der Waals surface area contributed by atoms with Gasteiger partial charge in [0.2, 0.25) is 0 Å². The second-order valence-electron chi connectivity index (χ2n) is 3.46. The van der Waals surface area contributed by atoms with Crippen LogP contribution in [0.2, 0.25) is 0 Å². The standard InChI is InChI=1S/C12H9N3O2S/c1-17-9-4-2-3-8(5-9)11-10(6-13)12(16)15(18)7-14-11/h2-5,7,18H,1H3. The molecule has 90 valence electrons. The Morgan fingerprint density at radius 3 is 2.94 bits per heavy atom. The minimum absolute atomic E-state index is 0.0410. The number of benzene rings is 1. The molecule has 0 aliphatic rings. The van der Waals surface area contributed by atoms with Crippen molar-refractivity contribution in [2.24, 2.45) is 0 Å². The van der Waals surface area contributed by atoms with Crippen molar-refractivity contribution in [3.05, 3.63) is 46.5 Å². The van der Waals surface area contributed by atoms with Crippen LogP contribution in [0.5, 0.6) is 5.75 Å². The lowest BCUT2D eigenvalue weighted by Gasteiger charge is -2.06. The third-order valence-corrected chi connectivity index (χ3v) is 2.69. The molecular weight excluding hydrogens is 250 g/mol. The van der Waals surface area contributed by atoms with Gasteiger partial charge >= 0.3 is 0 Å². The van der Waals surface area contributed by atoms with E-state index in [1.54, 1.807) is 31.4 Å². The molecule has 0 unspecified atom stereocenters. The lowest BCUT2D eigenvalue weighted by atomic mass is 10.1. The number of ether oxygens (including phenoxy) is 1. The van der Waals surface area contributed by atoms with E-state index in [-0.39, 0.29) is 5.56 Å². The molecule has 0 fully saturated rings. The minimum Gasteiger partial charge on any atom is -0.497 e. The molecule has 0 saturated carbocycles. The zero-order valence-corrected chi connectivity index (χ0v) is 10.4. The van der Waals surface area contributed by atoms with Crippen LogP contribution in [0.3, 0.4) is 0 Å². The molecule has 0 atom stereocenters. The first-order valence-electron chi connectivity index (χ1n) is 5.03. The summed E-state index contributed by atoms with van der Waals surface area (Å²) in [6, 6.07) is 8.87. The van der Waals surface area contributed by atoms with Gasteiger partial charge in [-0.2, -0.15) is 5.26 Å². The monoisotopic (exact) mass is 259 g/mol. The van der Waals surface area contributed by atoms with E-state index in [2.05, 4.69) is 17.8 Å². The van der Waals surface area contributed by atoms with Crippen molar-refractivity contribution >= 4 is 12.8 Å². The predicted molar refractivity (Wildman–Crippen MR) is 69.6 cm³/mol. The zero-order chi connectivity index (χ0) is 13.1. The zero-order valence-electron chi connectivity index (χ0n) is 9.49. The van der Waals surface area contributed by atoms with Gasteiger partial charge in [-0.1, -0.05) is 24.9 Å². The van der Waals surface area contributed by atoms with E-state index in [1.165, 1.54) is 6.33 Å². The topological polar surface area (TPSA) is 67.9 Å². The van der Waals surface area contributed by atoms with E-state index < -0.39 is 5.56 Å². The fraction of sp³-hybridized carbons (Fsp3) is 0.0833. The van der Waals surface area contributed by atoms with E-state index in [9.17, 15) is 4.79 Å². The third-order valence-electron chi connectivity index (χ3n) is 2.41. The first kappa shape index (κ1) is 12.2. The van der Waals surface area contributed by atoms with E-state index in [0.717, 1.165) is 3.97 Å². The van der Waals surface area contributed by atoms with Crippen LogP contribution in [0, 0.1) is 11.3 Å². The van der Waals surface area contributed by atoms with Crippen LogP contribution in [-0.2, 0) is 0 Å². The summed E-state index contributed by atoms with van der Waals surface area (Å²) in [6.07, 6.45) is 1.26. The molecule has 1 aromatic carbocycles. The van der Waals surface area contributed by atoms with Gasteiger partial charge in [-0.05, 0) is 12.1 Å². The smallest absolute Gasteiger partial charge is 0.281 e. The maximum absolute atomic E-state index is 11.7. The molecule has 2 rings (SSSR count). The number of methoxy groups -OCH3 is 1. The van der Waals surface area contributed by atoms with Crippen molar-refractivity contribution < 1.29 is 4.74 Å². The molecular formula is C12H9N3O2S. The Morgan fingerprint density at radius 2 is 2.28 bits per heavy atom. The summed E-state index contributed by atoms with van der Waals surface area (Å²) in [4.78, 5) is 15.8. The molecule has 0 spiro atoms. The molecule has 0 aliphatic carbocycles. The highest BCUT2D eigenvalue weighted by Crippen LogP contribution is 2.23. The van der Waals surface area contributed by atoms with Gasteiger partial charge in [0, 0.05) is 5.56 Å². The average Bonchev–Trinajstić information content (AvgIpc) is 2.41. The number of nitriles is 1. The maximum atomic E-state index is 11.7. The quantitative estimate of drug-likeness (QED) is 0.829. The molecule has 5 nitrogen and oxygen atoms in total. The van der Waals surface area contributed by atoms with E-state index in [4.69, 9.17) is 10.00 Å². The molecule has 0 N–H and O–H groups in total. The van der Waals surface area contributed by atoms with Crippen LogP contribution in [-0.4, -0.2) is 16.1 Å². The predicted octanol–water partition coefficient (Wildman–Crippen LogP) is 1.48. The average molecular weight is 259 g/mol. The summed E-state index contributed by atoms with van der Waals surface area (Å²) in [7, 11) is 1.55. The lowest BCUT2D eigenvalue weighted by Crippen LogP contribution is -2.18. The highest BCUT2D eigenvalue weighted by Gasteiger charge is 2.12. The minimum atomic E-state index is -0.492. The van der Waals surface area contributed by atoms with Gasteiger partial charge in [0.15, 0.2) is 0 Å². The second kappa shape index (κ2) is 4.94. The fourth-order valence-corrected chi connectivity index (χ4v) is 1.69. The lowest BCUT2D eigenvalue weighted by molar-refractivity contribution is 0.415. The number of nitrogens with zero attached hydrogens (tertiary/aromatic N) is 3. The molecule has 0 saturated heterocycles. The van der Waals surface area contributed by atoms with Gasteiger partial charge in [-0.3, -0.25) is 4.79 Å². The SMILES string of the molecule is COc1cccc(-c2ncn(S)c(=O)c2C#N)c1. The Hall–Kier alpha value is -2.26. The molecule has 0 amide bonds. The van der Waals surface area contributed by atoms with Gasteiger partial charge in [0.05, 0.1) is 12.8 Å². The van der Waals surface area contributed by atoms with Crippen LogP contribution in [0.15, 0.2) is 35.4 Å². The number of aromatic nitrogens is 2. The molecule has 0 bridgehead atoms. The van der Waals surface area contributed by atoms with Crippen molar-refractivity contribution in [3.8, 4) is 23.1 Å². The molecule has 1 heterocycles. The van der Waals surface area contributed by atoms with E-state index >= 15 is 0 Å². The molecule has 18 heavy (non-hydrogen) atoms. The summed E-state index contributed by atoms with van der Waals surface area (Å²) in [5.74, 6) is 0.633. The van der Waals surface area contributed by atoms with Crippen LogP contribution < -0.4 is 10.3 Å². The number of thiol groups is 1. The van der Waals surface area contributed by atoms with Gasteiger partial charge in [0.25, 0.3) is 5.56 Å². The van der Waals surface area contributed by atoms with Crippen molar-refractivity contribution in [1.82, 2.24) is 8.96 Å². The largest absolute Gasteiger partial charge is 0.497 e. The normalized spacial score (nSPS) is 9.83. The van der Waals surface area contributed by atoms with Crippen LogP contribution >= 0.6 is 12.8 Å². The number of hydrogen-bond acceptors (Lipinski definition) is 5. The summed E-state index contributed by atoms with van der Waals surface area (Å²) in [5.41, 5.74) is 0.443. The first-order chi connectivity index (χ1) is 8.67. The Labute approximate surface area is 109 Å². The first-order valence-corrected chi connectivity index (χ1v) is 5.43. The molecule has 6 heteroatoms. The molecule has 0 radical (unpaired) electrons. The van der Waals surface area contributed by atoms with Crippen molar-refractivity contribution in [2.75, 3.05) is 7.11 Å². The Bertz CT molecular complexity index is 688. The van der Waals surface area contributed by atoms with Crippen molar-refractivity contribution in [1.29, 1.82) is 5.26 Å². The highest BCUT2D eigenvalue weighted by molar-refractivity contribution is 7.78. The van der Waals surface area contributed by atoms with Crippen LogP contribution in [0.25, 0.3) is 11.3 Å². The number of hydrogen-bond donors (Lipinski definition) is 1. The summed E-state index contributed by atoms with van der Waals surface area (Å²) in [6.45, 7) is 0. The van der Waals surface area contributed by atoms with Crippen molar-refractivity contribution in [3.63, 3.8) is 0 Å². The van der Waals surface area contributed by atoms with Crippen LogP contribution in [0.1, 0.15) is 5.56 Å². The van der Waals surface area contributed by atoms with Gasteiger partial charge in [-0.15, -0.1) is 0 Å². The van der Waals surface area contributed by atoms with Crippen LogP contribution in [0.4, 0.5) is 0 Å². The summed E-state index contributed by atoms with van der Waals surface area (Å²) < 4.78 is 6.07.